The normalized spacial score (nSPS) is 19.0. The Balaban J connectivity index is 1.59. The molecular formula is C24H27F2N3O2. The lowest BCUT2D eigenvalue weighted by atomic mass is 9.80. The first-order valence-corrected chi connectivity index (χ1v) is 10.7. The molecule has 3 aromatic rings. The summed E-state index contributed by atoms with van der Waals surface area (Å²) in [6.45, 7) is 4.57. The number of nitrogens with zero attached hydrogens (tertiary/aromatic N) is 2. The first kappa shape index (κ1) is 21.3. The second kappa shape index (κ2) is 8.65. The maximum absolute atomic E-state index is 14.0. The van der Waals surface area contributed by atoms with Crippen LogP contribution in [0.3, 0.4) is 0 Å². The minimum Gasteiger partial charge on any atom is -0.494 e. The number of anilines is 1. The van der Waals surface area contributed by atoms with Gasteiger partial charge in [0.05, 0.1) is 29.9 Å². The molecule has 0 aliphatic heterocycles. The summed E-state index contributed by atoms with van der Waals surface area (Å²) in [5.41, 5.74) is 0.782. The Hall–Kier alpha value is -2.96. The molecule has 1 aromatic heterocycles. The summed E-state index contributed by atoms with van der Waals surface area (Å²) in [5.74, 6) is -1.10. The van der Waals surface area contributed by atoms with E-state index in [0.717, 1.165) is 35.7 Å². The van der Waals surface area contributed by atoms with Gasteiger partial charge < -0.3 is 10.1 Å². The zero-order valence-corrected chi connectivity index (χ0v) is 18.0. The van der Waals surface area contributed by atoms with Gasteiger partial charge in [0.1, 0.15) is 5.75 Å². The number of fused-ring (bicyclic) bond motifs is 1. The predicted molar refractivity (Wildman–Crippen MR) is 116 cm³/mol. The Labute approximate surface area is 180 Å². The molecular weight excluding hydrogens is 400 g/mol. The first-order chi connectivity index (χ1) is 14.9. The molecule has 1 amide bonds. The monoisotopic (exact) mass is 427 g/mol. The molecule has 7 heteroatoms. The Bertz CT molecular complexity index is 1100. The van der Waals surface area contributed by atoms with Crippen LogP contribution in [0, 0.1) is 23.5 Å². The molecule has 5 nitrogen and oxygen atoms in total. The summed E-state index contributed by atoms with van der Waals surface area (Å²) in [4.78, 5) is 12.5. The molecule has 0 radical (unpaired) electrons. The van der Waals surface area contributed by atoms with Crippen LogP contribution in [-0.2, 0) is 0 Å². The van der Waals surface area contributed by atoms with Crippen LogP contribution in [0.15, 0.2) is 36.5 Å². The van der Waals surface area contributed by atoms with Gasteiger partial charge in [0.2, 0.25) is 0 Å². The summed E-state index contributed by atoms with van der Waals surface area (Å²) >= 11 is 0. The van der Waals surface area contributed by atoms with E-state index >= 15 is 0 Å². The molecule has 31 heavy (non-hydrogen) atoms. The molecule has 1 saturated carbocycles. The highest BCUT2D eigenvalue weighted by atomic mass is 19.2. The van der Waals surface area contributed by atoms with E-state index in [1.165, 1.54) is 32.1 Å². The largest absolute Gasteiger partial charge is 0.494 e. The maximum atomic E-state index is 14.0. The Morgan fingerprint density at radius 2 is 1.94 bits per heavy atom. The first-order valence-electron chi connectivity index (χ1n) is 10.7. The van der Waals surface area contributed by atoms with Gasteiger partial charge in [-0.3, -0.25) is 9.48 Å². The van der Waals surface area contributed by atoms with E-state index in [0.29, 0.717) is 23.4 Å². The fraction of sp³-hybridized carbons (Fsp3) is 0.417. The summed E-state index contributed by atoms with van der Waals surface area (Å²) < 4.78 is 34.9. The van der Waals surface area contributed by atoms with Crippen molar-refractivity contribution < 1.29 is 18.3 Å². The van der Waals surface area contributed by atoms with Crippen molar-refractivity contribution in [1.82, 2.24) is 9.78 Å². The second-order valence-electron chi connectivity index (χ2n) is 8.59. The van der Waals surface area contributed by atoms with Crippen molar-refractivity contribution in [3.63, 3.8) is 0 Å². The predicted octanol–water partition coefficient (Wildman–Crippen LogP) is 5.96. The van der Waals surface area contributed by atoms with Crippen LogP contribution in [0.25, 0.3) is 10.9 Å². The van der Waals surface area contributed by atoms with Gasteiger partial charge in [-0.05, 0) is 55.7 Å². The van der Waals surface area contributed by atoms with Crippen LogP contribution in [0.2, 0.25) is 0 Å². The average Bonchev–Trinajstić information content (AvgIpc) is 3.18. The summed E-state index contributed by atoms with van der Waals surface area (Å²) in [5, 5.41) is 8.22. The molecule has 2 aromatic carbocycles. The number of carbonyl (C=O) groups is 1. The number of hydrogen-bond acceptors (Lipinski definition) is 3. The van der Waals surface area contributed by atoms with Crippen molar-refractivity contribution in [2.75, 3.05) is 12.4 Å². The molecule has 1 heterocycles. The number of carbonyl (C=O) groups excluding carboxylic acids is 1. The maximum Gasteiger partial charge on any atom is 0.258 e. The highest BCUT2D eigenvalue weighted by Crippen LogP contribution is 2.37. The quantitative estimate of drug-likeness (QED) is 0.546. The molecule has 0 unspecified atom stereocenters. The minimum absolute atomic E-state index is 0.354. The fourth-order valence-corrected chi connectivity index (χ4v) is 4.43. The summed E-state index contributed by atoms with van der Waals surface area (Å²) in [6, 6.07) is 7.38. The number of halogens is 2. The zero-order valence-electron chi connectivity index (χ0n) is 18.0. The molecule has 1 fully saturated rings. The van der Waals surface area contributed by atoms with Crippen molar-refractivity contribution in [2.24, 2.45) is 11.8 Å². The van der Waals surface area contributed by atoms with E-state index < -0.39 is 17.5 Å². The van der Waals surface area contributed by atoms with Crippen LogP contribution in [0.1, 0.15) is 55.9 Å². The van der Waals surface area contributed by atoms with Gasteiger partial charge in [-0.1, -0.05) is 19.9 Å². The second-order valence-corrected chi connectivity index (χ2v) is 8.59. The number of amides is 1. The lowest BCUT2D eigenvalue weighted by Gasteiger charge is -2.30. The molecule has 1 aliphatic rings. The van der Waals surface area contributed by atoms with Gasteiger partial charge >= 0.3 is 0 Å². The van der Waals surface area contributed by atoms with Crippen LogP contribution < -0.4 is 10.1 Å². The topological polar surface area (TPSA) is 56.1 Å². The highest BCUT2D eigenvalue weighted by molar-refractivity contribution is 6.06. The minimum atomic E-state index is -1.18. The third-order valence-corrected chi connectivity index (χ3v) is 6.35. The van der Waals surface area contributed by atoms with Crippen LogP contribution in [0.5, 0.6) is 5.75 Å². The number of benzene rings is 2. The van der Waals surface area contributed by atoms with E-state index in [4.69, 9.17) is 9.84 Å². The average molecular weight is 427 g/mol. The van der Waals surface area contributed by atoms with Gasteiger partial charge in [0.25, 0.3) is 5.91 Å². The lowest BCUT2D eigenvalue weighted by molar-refractivity contribution is 0.102. The van der Waals surface area contributed by atoms with Gasteiger partial charge in [-0.2, -0.15) is 5.10 Å². The standard InChI is InChI=1S/C24H27F2N3O2/c1-14(2)15-7-9-17(10-8-15)29-13-16-11-21(22(31-3)12-20(16)28-29)27-24(30)18-5-4-6-19(25)23(18)26/h4-6,11-15,17H,7-10H2,1-3H3,(H,27,30)/t15-,17-. The molecule has 4 rings (SSSR count). The Morgan fingerprint density at radius 1 is 1.19 bits per heavy atom. The summed E-state index contributed by atoms with van der Waals surface area (Å²) in [6.07, 6.45) is 6.56. The number of aromatic nitrogens is 2. The molecule has 164 valence electrons. The third kappa shape index (κ3) is 4.27. The van der Waals surface area contributed by atoms with Gasteiger partial charge in [0.15, 0.2) is 11.6 Å². The number of methoxy groups -OCH3 is 1. The number of hydrogen-bond donors (Lipinski definition) is 1. The van der Waals surface area contributed by atoms with Crippen molar-refractivity contribution in [3.8, 4) is 5.75 Å². The van der Waals surface area contributed by atoms with Crippen LogP contribution in [-0.4, -0.2) is 22.8 Å². The van der Waals surface area contributed by atoms with E-state index in [1.54, 1.807) is 12.1 Å². The van der Waals surface area contributed by atoms with E-state index in [1.807, 2.05) is 10.9 Å². The number of rotatable bonds is 5. The third-order valence-electron chi connectivity index (χ3n) is 6.35. The van der Waals surface area contributed by atoms with Crippen molar-refractivity contribution >= 4 is 22.5 Å². The van der Waals surface area contributed by atoms with E-state index in [2.05, 4.69) is 19.2 Å². The molecule has 0 saturated heterocycles. The van der Waals surface area contributed by atoms with Crippen molar-refractivity contribution in [1.29, 1.82) is 0 Å². The fourth-order valence-electron chi connectivity index (χ4n) is 4.43. The van der Waals surface area contributed by atoms with E-state index in [9.17, 15) is 13.6 Å². The summed E-state index contributed by atoms with van der Waals surface area (Å²) in [7, 11) is 1.49. The highest BCUT2D eigenvalue weighted by Gasteiger charge is 2.25. The Morgan fingerprint density at radius 3 is 2.61 bits per heavy atom. The zero-order chi connectivity index (χ0) is 22.1. The van der Waals surface area contributed by atoms with Crippen LogP contribution >= 0.6 is 0 Å². The van der Waals surface area contributed by atoms with Crippen LogP contribution in [0.4, 0.5) is 14.5 Å². The van der Waals surface area contributed by atoms with Gasteiger partial charge in [-0.15, -0.1) is 0 Å². The molecule has 0 atom stereocenters. The smallest absolute Gasteiger partial charge is 0.258 e. The SMILES string of the molecule is COc1cc2nn([C@H]3CC[C@H](C(C)C)CC3)cc2cc1NC(=O)c1cccc(F)c1F. The number of nitrogens with one attached hydrogen (secondary N) is 1. The van der Waals surface area contributed by atoms with Crippen molar-refractivity contribution in [3.05, 3.63) is 53.7 Å². The molecule has 1 N–H and O–H groups in total. The lowest BCUT2D eigenvalue weighted by Crippen LogP contribution is -2.21. The van der Waals surface area contributed by atoms with Crippen molar-refractivity contribution in [2.45, 2.75) is 45.6 Å². The molecule has 1 aliphatic carbocycles. The Kier molecular flexibility index (Phi) is 5.94. The van der Waals surface area contributed by atoms with E-state index in [-0.39, 0.29) is 5.56 Å². The number of ether oxygens (including phenoxy) is 1. The molecule has 0 spiro atoms. The van der Waals surface area contributed by atoms with Gasteiger partial charge in [0, 0.05) is 17.6 Å². The molecule has 0 bridgehead atoms. The van der Waals surface area contributed by atoms with Gasteiger partial charge in [-0.25, -0.2) is 8.78 Å².